The predicted molar refractivity (Wildman–Crippen MR) is 82.1 cm³/mol. The molecule has 3 heteroatoms. The van der Waals surface area contributed by atoms with Crippen molar-refractivity contribution in [2.24, 2.45) is 0 Å². The van der Waals surface area contributed by atoms with Crippen LogP contribution in [0, 0.1) is 0 Å². The van der Waals surface area contributed by atoms with Gasteiger partial charge in [-0.25, -0.2) is 0 Å². The van der Waals surface area contributed by atoms with E-state index in [1.165, 1.54) is 25.1 Å². The molecule has 2 heterocycles. The van der Waals surface area contributed by atoms with Crippen molar-refractivity contribution in [3.63, 3.8) is 0 Å². The first-order valence-electron chi connectivity index (χ1n) is 7.61. The van der Waals surface area contributed by atoms with Gasteiger partial charge in [-0.2, -0.15) is 0 Å². The van der Waals surface area contributed by atoms with Crippen LogP contribution in [-0.4, -0.2) is 47.6 Å². The lowest BCUT2D eigenvalue weighted by atomic mass is 9.84. The maximum atomic E-state index is 5.22. The number of ether oxygens (including phenoxy) is 1. The Hall–Kier alpha value is -1.06. The van der Waals surface area contributed by atoms with Gasteiger partial charge in [0, 0.05) is 37.3 Å². The molecule has 2 fully saturated rings. The molecule has 0 spiro atoms. The summed E-state index contributed by atoms with van der Waals surface area (Å²) in [6.07, 6.45) is 1.38. The van der Waals surface area contributed by atoms with Crippen LogP contribution in [0.15, 0.2) is 24.3 Å². The van der Waals surface area contributed by atoms with Crippen LogP contribution in [0.3, 0.4) is 0 Å². The van der Waals surface area contributed by atoms with Crippen molar-refractivity contribution in [2.45, 2.75) is 51.4 Å². The molecule has 3 rings (SSSR count). The highest BCUT2D eigenvalue weighted by Crippen LogP contribution is 2.36. The third-order valence-corrected chi connectivity index (χ3v) is 4.82. The van der Waals surface area contributed by atoms with Crippen molar-refractivity contribution in [3.8, 4) is 5.75 Å². The minimum atomic E-state index is 0.309. The molecular formula is C17H26N2O. The van der Waals surface area contributed by atoms with Crippen molar-refractivity contribution >= 4 is 0 Å². The first-order valence-corrected chi connectivity index (χ1v) is 7.61. The summed E-state index contributed by atoms with van der Waals surface area (Å²) in [5, 5.41) is 0. The summed E-state index contributed by atoms with van der Waals surface area (Å²) in [6.45, 7) is 10.5. The number of hydrogen-bond donors (Lipinski definition) is 0. The number of rotatable bonds is 3. The smallest absolute Gasteiger partial charge is 0.118 e. The van der Waals surface area contributed by atoms with Crippen LogP contribution in [0.25, 0.3) is 0 Å². The molecule has 2 bridgehead atoms. The molecule has 110 valence electrons. The summed E-state index contributed by atoms with van der Waals surface area (Å²) in [6, 6.07) is 9.99. The zero-order valence-corrected chi connectivity index (χ0v) is 13.1. The van der Waals surface area contributed by atoms with Crippen LogP contribution >= 0.6 is 0 Å². The van der Waals surface area contributed by atoms with Crippen LogP contribution in [0.1, 0.15) is 32.8 Å². The summed E-state index contributed by atoms with van der Waals surface area (Å²) >= 11 is 0. The van der Waals surface area contributed by atoms with Crippen LogP contribution in [0.4, 0.5) is 0 Å². The normalized spacial score (nSPS) is 27.2. The number of benzene rings is 1. The van der Waals surface area contributed by atoms with Crippen LogP contribution in [-0.2, 0) is 6.54 Å². The fourth-order valence-electron chi connectivity index (χ4n) is 3.43. The van der Waals surface area contributed by atoms with Crippen molar-refractivity contribution < 1.29 is 4.74 Å². The number of hydrogen-bond acceptors (Lipinski definition) is 3. The van der Waals surface area contributed by atoms with Crippen molar-refractivity contribution in [2.75, 3.05) is 20.2 Å². The van der Waals surface area contributed by atoms with Gasteiger partial charge in [0.1, 0.15) is 5.75 Å². The average Bonchev–Trinajstić information content (AvgIpc) is 2.44. The van der Waals surface area contributed by atoms with Gasteiger partial charge in [-0.15, -0.1) is 0 Å². The number of piperazine rings is 1. The fourth-order valence-corrected chi connectivity index (χ4v) is 3.43. The number of nitrogens with zero attached hydrogens (tertiary/aromatic N) is 2. The molecule has 0 saturated carbocycles. The van der Waals surface area contributed by atoms with Gasteiger partial charge in [-0.05, 0) is 44.9 Å². The Balaban J connectivity index is 1.61. The number of methoxy groups -OCH3 is 1. The quantitative estimate of drug-likeness (QED) is 0.843. The van der Waals surface area contributed by atoms with Gasteiger partial charge in [-0.1, -0.05) is 12.1 Å². The Morgan fingerprint density at radius 3 is 2.20 bits per heavy atom. The fraction of sp³-hybridized carbons (Fsp3) is 0.647. The standard InChI is InChI=1S/C17H26N2O/c1-17(2,3)18-11-14-9-15(12-18)19(14)10-13-5-7-16(20-4)8-6-13/h5-8,14-15H,9-12H2,1-4H3. The van der Waals surface area contributed by atoms with E-state index in [0.29, 0.717) is 5.54 Å². The van der Waals surface area contributed by atoms with Crippen molar-refractivity contribution in [3.05, 3.63) is 29.8 Å². The van der Waals surface area contributed by atoms with E-state index >= 15 is 0 Å². The molecule has 1 aromatic carbocycles. The molecule has 2 aliphatic rings. The summed E-state index contributed by atoms with van der Waals surface area (Å²) < 4.78 is 5.22. The maximum Gasteiger partial charge on any atom is 0.118 e. The van der Waals surface area contributed by atoms with Crippen LogP contribution in [0.2, 0.25) is 0 Å². The van der Waals surface area contributed by atoms with Gasteiger partial charge in [-0.3, -0.25) is 9.80 Å². The molecule has 2 aliphatic heterocycles. The van der Waals surface area contributed by atoms with Crippen LogP contribution < -0.4 is 4.74 Å². The Labute approximate surface area is 122 Å². The highest BCUT2D eigenvalue weighted by atomic mass is 16.5. The monoisotopic (exact) mass is 274 g/mol. The minimum Gasteiger partial charge on any atom is -0.497 e. The molecule has 2 atom stereocenters. The molecule has 2 saturated heterocycles. The summed E-state index contributed by atoms with van der Waals surface area (Å²) in [7, 11) is 1.72. The van der Waals surface area contributed by atoms with E-state index in [-0.39, 0.29) is 0 Å². The Morgan fingerprint density at radius 1 is 1.10 bits per heavy atom. The molecule has 1 aromatic rings. The zero-order valence-electron chi connectivity index (χ0n) is 13.1. The van der Waals surface area contributed by atoms with Gasteiger partial charge in [0.05, 0.1) is 7.11 Å². The van der Waals surface area contributed by atoms with Crippen molar-refractivity contribution in [1.82, 2.24) is 9.80 Å². The molecule has 20 heavy (non-hydrogen) atoms. The second kappa shape index (κ2) is 5.05. The Bertz CT molecular complexity index is 451. The zero-order chi connectivity index (χ0) is 14.3. The second-order valence-electron chi connectivity index (χ2n) is 7.14. The molecule has 0 N–H and O–H groups in total. The third kappa shape index (κ3) is 2.57. The number of piperidine rings is 1. The lowest BCUT2D eigenvalue weighted by Crippen LogP contribution is -2.70. The van der Waals surface area contributed by atoms with Gasteiger partial charge in [0.15, 0.2) is 0 Å². The molecule has 0 amide bonds. The summed E-state index contributed by atoms with van der Waals surface area (Å²) in [5.41, 5.74) is 1.70. The minimum absolute atomic E-state index is 0.309. The molecule has 2 unspecified atom stereocenters. The highest BCUT2D eigenvalue weighted by Gasteiger charge is 2.46. The van der Waals surface area contributed by atoms with Crippen LogP contribution in [0.5, 0.6) is 5.75 Å². The Morgan fingerprint density at radius 2 is 1.70 bits per heavy atom. The molecule has 0 aromatic heterocycles. The molecule has 0 radical (unpaired) electrons. The predicted octanol–water partition coefficient (Wildman–Crippen LogP) is 2.75. The van der Waals surface area contributed by atoms with E-state index in [1.807, 2.05) is 0 Å². The Kier molecular flexibility index (Phi) is 3.51. The summed E-state index contributed by atoms with van der Waals surface area (Å²) in [4.78, 5) is 5.31. The largest absolute Gasteiger partial charge is 0.497 e. The molecule has 3 nitrogen and oxygen atoms in total. The van der Waals surface area contributed by atoms with E-state index in [4.69, 9.17) is 4.74 Å². The third-order valence-electron chi connectivity index (χ3n) is 4.82. The summed E-state index contributed by atoms with van der Waals surface area (Å²) in [5.74, 6) is 0.941. The first kappa shape index (κ1) is 13.9. The van der Waals surface area contributed by atoms with Gasteiger partial charge < -0.3 is 4.74 Å². The van der Waals surface area contributed by atoms with Gasteiger partial charge >= 0.3 is 0 Å². The molecule has 0 aliphatic carbocycles. The highest BCUT2D eigenvalue weighted by molar-refractivity contribution is 5.27. The van der Waals surface area contributed by atoms with E-state index in [9.17, 15) is 0 Å². The average molecular weight is 274 g/mol. The molecular weight excluding hydrogens is 248 g/mol. The van der Waals surface area contributed by atoms with Crippen molar-refractivity contribution in [1.29, 1.82) is 0 Å². The number of fused-ring (bicyclic) bond motifs is 2. The second-order valence-corrected chi connectivity index (χ2v) is 7.14. The lowest BCUT2D eigenvalue weighted by Gasteiger charge is -2.59. The lowest BCUT2D eigenvalue weighted by molar-refractivity contribution is -0.0997. The number of likely N-dealkylation sites (tertiary alicyclic amines) is 2. The van der Waals surface area contributed by atoms with Gasteiger partial charge in [0.25, 0.3) is 0 Å². The SMILES string of the molecule is COc1ccc(CN2C3CC2CN(C(C)(C)C)C3)cc1. The van der Waals surface area contributed by atoms with E-state index in [1.54, 1.807) is 7.11 Å². The first-order chi connectivity index (χ1) is 9.47. The maximum absolute atomic E-state index is 5.22. The van der Waals surface area contributed by atoms with E-state index in [0.717, 1.165) is 24.4 Å². The van der Waals surface area contributed by atoms with E-state index in [2.05, 4.69) is 54.8 Å². The topological polar surface area (TPSA) is 15.7 Å². The van der Waals surface area contributed by atoms with Gasteiger partial charge in [0.2, 0.25) is 0 Å². The van der Waals surface area contributed by atoms with E-state index < -0.39 is 0 Å².